The van der Waals surface area contributed by atoms with E-state index in [0.29, 0.717) is 24.5 Å². The Morgan fingerprint density at radius 2 is 2.07 bits per heavy atom. The Balaban J connectivity index is 1.50. The van der Waals surface area contributed by atoms with E-state index in [9.17, 15) is 9.90 Å². The molecule has 2 heterocycles. The summed E-state index contributed by atoms with van der Waals surface area (Å²) in [6.45, 7) is 2.41. The molecule has 2 unspecified atom stereocenters. The van der Waals surface area contributed by atoms with Gasteiger partial charge in [-0.2, -0.15) is 0 Å². The van der Waals surface area contributed by atoms with Crippen LogP contribution >= 0.6 is 0 Å². The molecule has 29 heavy (non-hydrogen) atoms. The molecule has 0 bridgehead atoms. The molecule has 1 N–H and O–H groups in total. The fourth-order valence-corrected chi connectivity index (χ4v) is 4.54. The molecule has 2 fully saturated rings. The molecule has 7 nitrogen and oxygen atoms in total. The van der Waals surface area contributed by atoms with Crippen molar-refractivity contribution in [2.24, 2.45) is 5.16 Å². The first-order chi connectivity index (χ1) is 14.0. The zero-order chi connectivity index (χ0) is 20.4. The lowest BCUT2D eigenvalue weighted by atomic mass is 9.94. The van der Waals surface area contributed by atoms with Crippen molar-refractivity contribution in [2.75, 3.05) is 20.3 Å². The average Bonchev–Trinajstić information content (AvgIpc) is 3.48. The highest BCUT2D eigenvalue weighted by Gasteiger charge is 2.47. The van der Waals surface area contributed by atoms with E-state index in [0.717, 1.165) is 37.0 Å². The predicted molar refractivity (Wildman–Crippen MR) is 108 cm³/mol. The van der Waals surface area contributed by atoms with E-state index in [4.69, 9.17) is 14.3 Å². The maximum Gasteiger partial charge on any atom is 0.270 e. The van der Waals surface area contributed by atoms with Crippen LogP contribution < -0.4 is 9.47 Å². The molecule has 4 rings (SSSR count). The summed E-state index contributed by atoms with van der Waals surface area (Å²) in [5.74, 6) is 1.30. The van der Waals surface area contributed by atoms with Crippen LogP contribution in [0, 0.1) is 0 Å². The molecular formula is C22H30N2O5. The van der Waals surface area contributed by atoms with Crippen molar-refractivity contribution in [1.29, 1.82) is 0 Å². The van der Waals surface area contributed by atoms with Crippen molar-refractivity contribution in [3.05, 3.63) is 23.8 Å². The van der Waals surface area contributed by atoms with Gasteiger partial charge in [0.05, 0.1) is 31.6 Å². The number of aliphatic hydroxyl groups is 1. The quantitative estimate of drug-likeness (QED) is 0.791. The molecule has 1 saturated heterocycles. The van der Waals surface area contributed by atoms with Crippen molar-refractivity contribution in [3.8, 4) is 11.5 Å². The van der Waals surface area contributed by atoms with Crippen LogP contribution in [0.3, 0.4) is 0 Å². The van der Waals surface area contributed by atoms with Crippen molar-refractivity contribution >= 4 is 11.6 Å². The first-order valence-electron chi connectivity index (χ1n) is 10.6. The first kappa shape index (κ1) is 20.0. The van der Waals surface area contributed by atoms with Crippen LogP contribution in [0.2, 0.25) is 0 Å². The van der Waals surface area contributed by atoms with E-state index in [-0.39, 0.29) is 24.7 Å². The molecule has 1 aromatic carbocycles. The maximum atomic E-state index is 13.1. The number of amides is 1. The van der Waals surface area contributed by atoms with Crippen LogP contribution in [-0.2, 0) is 9.63 Å². The number of carbonyl (C=O) groups is 1. The number of benzene rings is 1. The van der Waals surface area contributed by atoms with E-state index in [1.54, 1.807) is 18.9 Å². The Labute approximate surface area is 171 Å². The smallest absolute Gasteiger partial charge is 0.270 e. The molecule has 3 aliphatic rings. The predicted octanol–water partition coefficient (Wildman–Crippen LogP) is 2.88. The normalized spacial score (nSPS) is 27.1. The molecule has 2 aliphatic heterocycles. The highest BCUT2D eigenvalue weighted by atomic mass is 16.7. The highest BCUT2D eigenvalue weighted by molar-refractivity contribution is 6.05. The van der Waals surface area contributed by atoms with Gasteiger partial charge in [0.1, 0.15) is 0 Å². The molecule has 2 atom stereocenters. The van der Waals surface area contributed by atoms with E-state index in [1.807, 2.05) is 18.2 Å². The monoisotopic (exact) mass is 402 g/mol. The molecule has 1 aromatic rings. The standard InChI is InChI=1S/C22H30N2O5/c1-22(21(26)24-11-5-6-16(24)14-25)13-18(23-29-22)15-9-10-19(27-2)20(12-15)28-17-7-3-4-8-17/h9-10,12,16-17,25H,3-8,11,13-14H2,1-2H3. The van der Waals surface area contributed by atoms with Gasteiger partial charge < -0.3 is 24.3 Å². The minimum atomic E-state index is -1.04. The number of hydrogen-bond acceptors (Lipinski definition) is 6. The molecule has 158 valence electrons. The van der Waals surface area contributed by atoms with Gasteiger partial charge in [-0.1, -0.05) is 5.16 Å². The van der Waals surface area contributed by atoms with Crippen LogP contribution in [0.25, 0.3) is 0 Å². The average molecular weight is 402 g/mol. The molecule has 1 amide bonds. The number of hydrogen-bond donors (Lipinski definition) is 1. The summed E-state index contributed by atoms with van der Waals surface area (Å²) in [6.07, 6.45) is 6.84. The largest absolute Gasteiger partial charge is 0.493 e. The summed E-state index contributed by atoms with van der Waals surface area (Å²) in [7, 11) is 1.63. The minimum absolute atomic E-state index is 0.0180. The Morgan fingerprint density at radius 3 is 2.79 bits per heavy atom. The lowest BCUT2D eigenvalue weighted by Crippen LogP contribution is -2.50. The van der Waals surface area contributed by atoms with E-state index < -0.39 is 5.60 Å². The summed E-state index contributed by atoms with van der Waals surface area (Å²) in [6, 6.07) is 5.61. The highest BCUT2D eigenvalue weighted by Crippen LogP contribution is 2.36. The van der Waals surface area contributed by atoms with E-state index in [2.05, 4.69) is 5.16 Å². The molecule has 1 saturated carbocycles. The van der Waals surface area contributed by atoms with Crippen LogP contribution in [0.1, 0.15) is 57.4 Å². The summed E-state index contributed by atoms with van der Waals surface area (Å²) in [5.41, 5.74) is 0.550. The van der Waals surface area contributed by atoms with Gasteiger partial charge in [-0.15, -0.1) is 0 Å². The van der Waals surface area contributed by atoms with Gasteiger partial charge >= 0.3 is 0 Å². The third kappa shape index (κ3) is 3.92. The van der Waals surface area contributed by atoms with Crippen LogP contribution in [0.15, 0.2) is 23.4 Å². The summed E-state index contributed by atoms with van der Waals surface area (Å²) >= 11 is 0. The molecular weight excluding hydrogens is 372 g/mol. The lowest BCUT2D eigenvalue weighted by Gasteiger charge is -2.30. The van der Waals surface area contributed by atoms with E-state index >= 15 is 0 Å². The van der Waals surface area contributed by atoms with Crippen LogP contribution in [0.4, 0.5) is 0 Å². The number of methoxy groups -OCH3 is 1. The number of rotatable bonds is 6. The van der Waals surface area contributed by atoms with Gasteiger partial charge in [-0.25, -0.2) is 0 Å². The Hall–Kier alpha value is -2.28. The zero-order valence-corrected chi connectivity index (χ0v) is 17.2. The van der Waals surface area contributed by atoms with E-state index in [1.165, 1.54) is 12.8 Å². The number of ether oxygens (including phenoxy) is 2. The van der Waals surface area contributed by atoms with Gasteiger partial charge in [0.2, 0.25) is 5.60 Å². The number of likely N-dealkylation sites (tertiary alicyclic amines) is 1. The molecule has 0 radical (unpaired) electrons. The topological polar surface area (TPSA) is 80.6 Å². The van der Waals surface area contributed by atoms with Gasteiger partial charge in [-0.05, 0) is 63.6 Å². The summed E-state index contributed by atoms with van der Waals surface area (Å²) in [5, 5.41) is 13.8. The van der Waals surface area contributed by atoms with Crippen molar-refractivity contribution < 1.29 is 24.2 Å². The zero-order valence-electron chi connectivity index (χ0n) is 17.2. The molecule has 0 aromatic heterocycles. The Morgan fingerprint density at radius 1 is 1.28 bits per heavy atom. The fraction of sp³-hybridized carbons (Fsp3) is 0.636. The molecule has 1 aliphatic carbocycles. The fourth-order valence-electron chi connectivity index (χ4n) is 4.54. The van der Waals surface area contributed by atoms with Gasteiger partial charge in [0.25, 0.3) is 5.91 Å². The van der Waals surface area contributed by atoms with Gasteiger partial charge in [-0.3, -0.25) is 4.79 Å². The summed E-state index contributed by atoms with van der Waals surface area (Å²) in [4.78, 5) is 20.5. The van der Waals surface area contributed by atoms with Gasteiger partial charge in [0.15, 0.2) is 11.5 Å². The molecule has 7 heteroatoms. The second-order valence-electron chi connectivity index (χ2n) is 8.40. The second kappa shape index (κ2) is 8.22. The number of carbonyl (C=O) groups excluding carboxylic acids is 1. The number of nitrogens with zero attached hydrogens (tertiary/aromatic N) is 2. The minimum Gasteiger partial charge on any atom is -0.493 e. The number of aliphatic hydroxyl groups excluding tert-OH is 1. The maximum absolute atomic E-state index is 13.1. The second-order valence-corrected chi connectivity index (χ2v) is 8.40. The van der Waals surface area contributed by atoms with Crippen molar-refractivity contribution in [1.82, 2.24) is 4.90 Å². The summed E-state index contributed by atoms with van der Waals surface area (Å²) < 4.78 is 11.6. The SMILES string of the molecule is COc1ccc(C2=NOC(C)(C(=O)N3CCCC3CO)C2)cc1OC1CCCC1. The Bertz CT molecular complexity index is 789. The lowest BCUT2D eigenvalue weighted by molar-refractivity contribution is -0.154. The third-order valence-corrected chi connectivity index (χ3v) is 6.26. The third-order valence-electron chi connectivity index (χ3n) is 6.26. The van der Waals surface area contributed by atoms with Crippen LogP contribution in [-0.4, -0.2) is 59.6 Å². The number of oxime groups is 1. The Kier molecular flexibility index (Phi) is 5.67. The molecule has 0 spiro atoms. The van der Waals surface area contributed by atoms with Crippen LogP contribution in [0.5, 0.6) is 11.5 Å². The van der Waals surface area contributed by atoms with Crippen molar-refractivity contribution in [2.45, 2.75) is 69.6 Å². The first-order valence-corrected chi connectivity index (χ1v) is 10.6. The van der Waals surface area contributed by atoms with Gasteiger partial charge in [0, 0.05) is 18.5 Å². The van der Waals surface area contributed by atoms with Crippen molar-refractivity contribution in [3.63, 3.8) is 0 Å².